The van der Waals surface area contributed by atoms with E-state index in [-0.39, 0.29) is 11.5 Å². The second-order valence-electron chi connectivity index (χ2n) is 9.44. The summed E-state index contributed by atoms with van der Waals surface area (Å²) in [5, 5.41) is 4.50. The summed E-state index contributed by atoms with van der Waals surface area (Å²) in [5.41, 5.74) is 4.37. The Morgan fingerprint density at radius 3 is 2.47 bits per heavy atom. The van der Waals surface area contributed by atoms with Crippen LogP contribution in [0.5, 0.6) is 0 Å². The molecule has 0 atom stereocenters. The number of piperidine rings is 1. The van der Waals surface area contributed by atoms with Crippen LogP contribution in [0.25, 0.3) is 11.3 Å². The first-order valence-electron chi connectivity index (χ1n) is 10.5. The number of likely N-dealkylation sites (tertiary alicyclic amines) is 1. The molecule has 1 aliphatic heterocycles. The van der Waals surface area contributed by atoms with Crippen molar-refractivity contribution in [1.29, 1.82) is 0 Å². The van der Waals surface area contributed by atoms with Crippen LogP contribution in [0.2, 0.25) is 0 Å². The smallest absolute Gasteiger partial charge is 0.410 e. The third kappa shape index (κ3) is 3.78. The molecule has 1 aromatic heterocycles. The highest BCUT2D eigenvalue weighted by Crippen LogP contribution is 2.51. The van der Waals surface area contributed by atoms with Gasteiger partial charge in [0.25, 0.3) is 0 Å². The van der Waals surface area contributed by atoms with Gasteiger partial charge in [0.05, 0.1) is 23.1 Å². The van der Waals surface area contributed by atoms with Crippen molar-refractivity contribution in [3.63, 3.8) is 0 Å². The first-order valence-corrected chi connectivity index (χ1v) is 10.5. The van der Waals surface area contributed by atoms with Gasteiger partial charge >= 0.3 is 6.09 Å². The van der Waals surface area contributed by atoms with E-state index in [1.807, 2.05) is 56.6 Å². The second-order valence-corrected chi connectivity index (χ2v) is 9.44. The Hall–Kier alpha value is -2.89. The summed E-state index contributed by atoms with van der Waals surface area (Å²) in [6.45, 7) is 9.09. The minimum atomic E-state index is -0.477. The first kappa shape index (κ1) is 20.4. The summed E-state index contributed by atoms with van der Waals surface area (Å²) >= 11 is 0. The number of allylic oxidation sites excluding steroid dienone is 2. The highest BCUT2D eigenvalue weighted by atomic mass is 16.6. The fourth-order valence-corrected chi connectivity index (χ4v) is 4.41. The molecule has 0 saturated carbocycles. The molecule has 0 bridgehead atoms. The maximum atomic E-state index is 12.3. The highest BCUT2D eigenvalue weighted by molar-refractivity contribution is 5.86. The number of benzene rings is 1. The number of carbonyl (C=O) groups is 2. The molecular weight excluding hydrogens is 378 g/mol. The Morgan fingerprint density at radius 1 is 1.20 bits per heavy atom. The van der Waals surface area contributed by atoms with E-state index in [9.17, 15) is 9.59 Å². The molecule has 6 nitrogen and oxygen atoms in total. The standard InChI is InChI=1S/C24H29N3O3/c1-17-7-5-6-8-20(17)27-21(19(16-28)15-25-27)18-13-24(14-18)9-11-26(12-10-24)22(29)30-23(2,3)4/h5-8,13,15-16H,9-12,14H2,1-4H3. The van der Waals surface area contributed by atoms with Gasteiger partial charge in [0.15, 0.2) is 6.29 Å². The van der Waals surface area contributed by atoms with Gasteiger partial charge in [-0.2, -0.15) is 5.10 Å². The van der Waals surface area contributed by atoms with Crippen molar-refractivity contribution in [2.45, 2.75) is 52.6 Å². The van der Waals surface area contributed by atoms with Crippen LogP contribution in [0.4, 0.5) is 4.79 Å². The van der Waals surface area contributed by atoms with Gasteiger partial charge in [-0.15, -0.1) is 0 Å². The van der Waals surface area contributed by atoms with Crippen LogP contribution in [0.15, 0.2) is 36.5 Å². The lowest BCUT2D eigenvalue weighted by Crippen LogP contribution is -2.46. The van der Waals surface area contributed by atoms with Crippen LogP contribution in [-0.2, 0) is 4.74 Å². The maximum absolute atomic E-state index is 12.3. The molecule has 0 N–H and O–H groups in total. The van der Waals surface area contributed by atoms with Crippen LogP contribution < -0.4 is 0 Å². The molecule has 2 aliphatic rings. The van der Waals surface area contributed by atoms with Crippen LogP contribution in [-0.4, -0.2) is 45.8 Å². The van der Waals surface area contributed by atoms with Crippen molar-refractivity contribution < 1.29 is 14.3 Å². The third-order valence-electron chi connectivity index (χ3n) is 6.01. The summed E-state index contributed by atoms with van der Waals surface area (Å²) in [6.07, 6.45) is 7.29. The first-order chi connectivity index (χ1) is 14.2. The number of rotatable bonds is 3. The number of carbonyl (C=O) groups excluding carboxylic acids is 2. The highest BCUT2D eigenvalue weighted by Gasteiger charge is 2.42. The van der Waals surface area contributed by atoms with Gasteiger partial charge in [0.1, 0.15) is 5.60 Å². The zero-order chi connectivity index (χ0) is 21.5. The van der Waals surface area contributed by atoms with E-state index in [0.29, 0.717) is 18.7 Å². The molecule has 0 unspecified atom stereocenters. The van der Waals surface area contributed by atoms with Crippen LogP contribution in [0.1, 0.15) is 61.6 Å². The molecule has 1 amide bonds. The topological polar surface area (TPSA) is 64.4 Å². The van der Waals surface area contributed by atoms with Crippen molar-refractivity contribution in [2.24, 2.45) is 5.41 Å². The number of ether oxygens (including phenoxy) is 1. The quantitative estimate of drug-likeness (QED) is 0.686. The van der Waals surface area contributed by atoms with Crippen molar-refractivity contribution >= 4 is 18.0 Å². The van der Waals surface area contributed by atoms with E-state index >= 15 is 0 Å². The van der Waals surface area contributed by atoms with Crippen molar-refractivity contribution in [2.75, 3.05) is 13.1 Å². The van der Waals surface area contributed by atoms with Gasteiger partial charge < -0.3 is 9.64 Å². The minimum Gasteiger partial charge on any atom is -0.444 e. The zero-order valence-corrected chi connectivity index (χ0v) is 18.1. The van der Waals surface area contributed by atoms with E-state index < -0.39 is 5.60 Å². The normalized spacial score (nSPS) is 18.0. The van der Waals surface area contributed by atoms with Gasteiger partial charge in [-0.1, -0.05) is 24.3 Å². The van der Waals surface area contributed by atoms with E-state index in [0.717, 1.165) is 48.1 Å². The Balaban J connectivity index is 1.53. The number of para-hydroxylation sites is 1. The Morgan fingerprint density at radius 2 is 1.87 bits per heavy atom. The molecule has 1 saturated heterocycles. The van der Waals surface area contributed by atoms with Crippen LogP contribution in [0.3, 0.4) is 0 Å². The average molecular weight is 408 g/mol. The van der Waals surface area contributed by atoms with E-state index in [4.69, 9.17) is 4.74 Å². The maximum Gasteiger partial charge on any atom is 0.410 e. The summed E-state index contributed by atoms with van der Waals surface area (Å²) in [7, 11) is 0. The Kier molecular flexibility index (Phi) is 5.04. The molecule has 1 spiro atoms. The number of hydrogen-bond acceptors (Lipinski definition) is 4. The van der Waals surface area contributed by atoms with Gasteiger partial charge in [-0.05, 0) is 69.6 Å². The van der Waals surface area contributed by atoms with Crippen molar-refractivity contribution in [1.82, 2.24) is 14.7 Å². The minimum absolute atomic E-state index is 0.0921. The fraction of sp³-hybridized carbons (Fsp3) is 0.458. The second kappa shape index (κ2) is 7.42. The molecular formula is C24H29N3O3. The lowest BCUT2D eigenvalue weighted by molar-refractivity contribution is 0.0137. The molecule has 2 heterocycles. The van der Waals surface area contributed by atoms with E-state index in [2.05, 4.69) is 11.2 Å². The number of aldehydes is 1. The molecule has 30 heavy (non-hydrogen) atoms. The SMILES string of the molecule is Cc1ccccc1-n1ncc(C=O)c1C1=CC2(CCN(C(=O)OC(C)(C)C)CC2)C1. The van der Waals surface area contributed by atoms with E-state index in [1.54, 1.807) is 11.1 Å². The molecule has 1 fully saturated rings. The number of amides is 1. The third-order valence-corrected chi connectivity index (χ3v) is 6.01. The van der Waals surface area contributed by atoms with Crippen molar-refractivity contribution in [3.8, 4) is 5.69 Å². The predicted molar refractivity (Wildman–Crippen MR) is 116 cm³/mol. The number of aromatic nitrogens is 2. The number of aryl methyl sites for hydroxylation is 1. The molecule has 0 radical (unpaired) electrons. The van der Waals surface area contributed by atoms with E-state index in [1.165, 1.54) is 0 Å². The van der Waals surface area contributed by atoms with Crippen LogP contribution in [0, 0.1) is 12.3 Å². The summed E-state index contributed by atoms with van der Waals surface area (Å²) < 4.78 is 7.39. The zero-order valence-electron chi connectivity index (χ0n) is 18.1. The largest absolute Gasteiger partial charge is 0.444 e. The molecule has 1 aliphatic carbocycles. The van der Waals surface area contributed by atoms with Gasteiger partial charge in [-0.25, -0.2) is 9.48 Å². The number of nitrogens with zero attached hydrogens (tertiary/aromatic N) is 3. The average Bonchev–Trinajstić information content (AvgIpc) is 3.08. The number of hydrogen-bond donors (Lipinski definition) is 0. The predicted octanol–water partition coefficient (Wildman–Crippen LogP) is 4.80. The van der Waals surface area contributed by atoms with Gasteiger partial charge in [0.2, 0.25) is 0 Å². The lowest BCUT2D eigenvalue weighted by Gasteiger charge is -2.46. The van der Waals surface area contributed by atoms with Gasteiger partial charge in [0, 0.05) is 13.1 Å². The fourth-order valence-electron chi connectivity index (χ4n) is 4.41. The molecule has 2 aromatic rings. The summed E-state index contributed by atoms with van der Waals surface area (Å²) in [4.78, 5) is 25.8. The summed E-state index contributed by atoms with van der Waals surface area (Å²) in [6, 6.07) is 8.05. The molecule has 6 heteroatoms. The lowest BCUT2D eigenvalue weighted by atomic mass is 9.64. The summed E-state index contributed by atoms with van der Waals surface area (Å²) in [5.74, 6) is 0. The molecule has 1 aromatic carbocycles. The van der Waals surface area contributed by atoms with Gasteiger partial charge in [-0.3, -0.25) is 4.79 Å². The monoisotopic (exact) mass is 407 g/mol. The van der Waals surface area contributed by atoms with Crippen molar-refractivity contribution in [3.05, 3.63) is 53.4 Å². The molecule has 4 rings (SSSR count). The Bertz CT molecular complexity index is 1000. The molecule has 158 valence electrons. The van der Waals surface area contributed by atoms with Crippen LogP contribution >= 0.6 is 0 Å². The Labute approximate surface area is 177 Å².